The van der Waals surface area contributed by atoms with Crippen LogP contribution in [0.1, 0.15) is 20.8 Å². The van der Waals surface area contributed by atoms with Gasteiger partial charge in [-0.25, -0.2) is 0 Å². The highest BCUT2D eigenvalue weighted by Crippen LogP contribution is 2.31. The Balaban J connectivity index is 5.18. The Morgan fingerprint density at radius 1 is 1.23 bits per heavy atom. The van der Waals surface area contributed by atoms with Crippen molar-refractivity contribution in [2.24, 2.45) is 0 Å². The summed E-state index contributed by atoms with van der Waals surface area (Å²) in [5.74, 6) is 0. The Morgan fingerprint density at radius 3 is 1.69 bits per heavy atom. The second-order valence-corrected chi connectivity index (χ2v) is 5.73. The molecular formula is C8H16O4S. The summed E-state index contributed by atoms with van der Waals surface area (Å²) in [6.45, 7) is 3.50. The Hall–Kier alpha value is -0.230. The average Bonchev–Trinajstić information content (AvgIpc) is 2.02. The molecule has 0 aliphatic heterocycles. The molecule has 0 fully saturated rings. The molecule has 1 unspecified atom stereocenters. The van der Waals surface area contributed by atoms with Crippen molar-refractivity contribution in [1.82, 2.24) is 0 Å². The highest BCUT2D eigenvalue weighted by atomic mass is 32.2. The number of carbonyl (C=O) groups excluding carboxylic acids is 1. The summed E-state index contributed by atoms with van der Waals surface area (Å²) in [7, 11) is -1.10. The molecule has 0 aromatic carbocycles. The largest absolute Gasteiger partial charge is 0.392 e. The Kier molecular flexibility index (Phi) is 4.77. The topological polar surface area (TPSA) is 77.8 Å². The van der Waals surface area contributed by atoms with E-state index in [4.69, 9.17) is 10.2 Å². The molecule has 0 aliphatic rings. The van der Waals surface area contributed by atoms with Gasteiger partial charge in [0.2, 0.25) is 0 Å². The predicted molar refractivity (Wildman–Crippen MR) is 53.7 cm³/mol. The van der Waals surface area contributed by atoms with Gasteiger partial charge in [0.25, 0.3) is 0 Å². The molecule has 1 atom stereocenters. The third-order valence-electron chi connectivity index (χ3n) is 1.57. The van der Waals surface area contributed by atoms with E-state index < -0.39 is 28.6 Å². The van der Waals surface area contributed by atoms with Crippen LogP contribution < -0.4 is 0 Å². The Bertz CT molecular complexity index is 226. The van der Waals surface area contributed by atoms with Crippen LogP contribution in [0.5, 0.6) is 0 Å². The van der Waals surface area contributed by atoms with E-state index in [1.165, 1.54) is 6.92 Å². The third-order valence-corrected chi connectivity index (χ3v) is 3.98. The van der Waals surface area contributed by atoms with Crippen molar-refractivity contribution in [2.75, 3.05) is 13.2 Å². The molecule has 4 nitrogen and oxygen atoms in total. The maximum atomic E-state index is 11.2. The van der Waals surface area contributed by atoms with Gasteiger partial charge in [-0.15, -0.1) is 0 Å². The first-order chi connectivity index (χ1) is 5.89. The van der Waals surface area contributed by atoms with E-state index >= 15 is 0 Å². The van der Waals surface area contributed by atoms with Gasteiger partial charge in [0.05, 0.1) is 13.2 Å². The van der Waals surface area contributed by atoms with E-state index in [1.807, 2.05) is 0 Å². The van der Waals surface area contributed by atoms with Crippen LogP contribution in [0.2, 0.25) is 0 Å². The first kappa shape index (κ1) is 12.8. The van der Waals surface area contributed by atoms with Crippen molar-refractivity contribution < 1.29 is 20.1 Å². The molecule has 0 heterocycles. The smallest absolute Gasteiger partial charge is 0.183 e. The maximum absolute atomic E-state index is 11.2. The summed E-state index contributed by atoms with van der Waals surface area (Å²) in [5.41, 5.74) is 0. The minimum Gasteiger partial charge on any atom is -0.392 e. The molecule has 0 aromatic heterocycles. The van der Waals surface area contributed by atoms with E-state index in [1.54, 1.807) is 13.8 Å². The third kappa shape index (κ3) is 2.87. The highest BCUT2D eigenvalue weighted by Gasteiger charge is 2.32. The number of aliphatic hydroxyl groups is 3. The minimum atomic E-state index is -1.70. The highest BCUT2D eigenvalue weighted by molar-refractivity contribution is 8.29. The molecule has 78 valence electrons. The fraction of sp³-hybridized carbons (Fsp3) is 0.750. The number of hydrogen-bond donors (Lipinski definition) is 3. The van der Waals surface area contributed by atoms with Gasteiger partial charge in [-0.2, -0.15) is 0 Å². The van der Waals surface area contributed by atoms with E-state index in [-0.39, 0.29) is 5.12 Å². The van der Waals surface area contributed by atoms with E-state index in [2.05, 4.69) is 0 Å². The zero-order valence-corrected chi connectivity index (χ0v) is 8.89. The maximum Gasteiger partial charge on any atom is 0.183 e. The summed E-state index contributed by atoms with van der Waals surface area (Å²) in [6.07, 6.45) is 0. The molecular weight excluding hydrogens is 192 g/mol. The second-order valence-electron chi connectivity index (χ2n) is 2.97. The van der Waals surface area contributed by atoms with Crippen molar-refractivity contribution in [3.05, 3.63) is 0 Å². The fourth-order valence-corrected chi connectivity index (χ4v) is 3.24. The monoisotopic (exact) mass is 208 g/mol. The SMILES string of the molecule is CC(=O)S(=C(C)C)C(O)(CO)CO. The van der Waals surface area contributed by atoms with Crippen molar-refractivity contribution in [1.29, 1.82) is 0 Å². The molecule has 0 aromatic rings. The van der Waals surface area contributed by atoms with Crippen LogP contribution in [0.3, 0.4) is 0 Å². The lowest BCUT2D eigenvalue weighted by Crippen LogP contribution is -2.37. The van der Waals surface area contributed by atoms with Gasteiger partial charge in [0.1, 0.15) is 0 Å². The zero-order chi connectivity index (χ0) is 10.6. The molecule has 0 spiro atoms. The van der Waals surface area contributed by atoms with Gasteiger partial charge in [0, 0.05) is 6.92 Å². The molecule has 0 amide bonds. The summed E-state index contributed by atoms with van der Waals surface area (Å²) in [4.78, 5) is 10.2. The molecule has 3 N–H and O–H groups in total. The molecule has 0 saturated carbocycles. The number of rotatable bonds is 3. The van der Waals surface area contributed by atoms with Crippen molar-refractivity contribution in [2.45, 2.75) is 25.7 Å². The minimum absolute atomic E-state index is 0.231. The molecule has 0 rings (SSSR count). The molecule has 0 bridgehead atoms. The lowest BCUT2D eigenvalue weighted by molar-refractivity contribution is -0.109. The number of carbonyl (C=O) groups is 1. The Morgan fingerprint density at radius 2 is 1.62 bits per heavy atom. The Labute approximate surface area is 80.1 Å². The first-order valence-electron chi connectivity index (χ1n) is 3.88. The number of aliphatic hydroxyl groups excluding tert-OH is 2. The second kappa shape index (κ2) is 4.85. The molecule has 5 heteroatoms. The molecule has 13 heavy (non-hydrogen) atoms. The van der Waals surface area contributed by atoms with Gasteiger partial charge in [-0.3, -0.25) is 4.79 Å². The average molecular weight is 208 g/mol. The fourth-order valence-electron chi connectivity index (χ4n) is 1.11. The van der Waals surface area contributed by atoms with Crippen LogP contribution in [0.4, 0.5) is 0 Å². The first-order valence-corrected chi connectivity index (χ1v) is 5.10. The van der Waals surface area contributed by atoms with Crippen LogP contribution in [-0.2, 0) is 4.79 Å². The predicted octanol–water partition coefficient (Wildman–Crippen LogP) is -0.313. The van der Waals surface area contributed by atoms with Crippen LogP contribution in [0.25, 0.3) is 0 Å². The standard InChI is InChI=1S/C8H16O4S/c1-6(2)13(7(3)11)8(12,4-9)5-10/h9-10,12H,4-5H2,1-3H3. The zero-order valence-electron chi connectivity index (χ0n) is 8.07. The summed E-state index contributed by atoms with van der Waals surface area (Å²) in [6, 6.07) is 0. The van der Waals surface area contributed by atoms with Crippen LogP contribution >= 0.6 is 10.5 Å². The van der Waals surface area contributed by atoms with Crippen LogP contribution in [-0.4, -0.2) is 43.4 Å². The summed E-state index contributed by atoms with van der Waals surface area (Å²) in [5, 5.41) is 27.2. The van der Waals surface area contributed by atoms with E-state index in [0.29, 0.717) is 4.86 Å². The summed E-state index contributed by atoms with van der Waals surface area (Å²) >= 11 is 0. The number of hydrogen-bond acceptors (Lipinski definition) is 4. The van der Waals surface area contributed by atoms with Crippen molar-refractivity contribution in [3.63, 3.8) is 0 Å². The molecule has 0 aliphatic carbocycles. The van der Waals surface area contributed by atoms with E-state index in [9.17, 15) is 9.90 Å². The lowest BCUT2D eigenvalue weighted by atomic mass is 10.4. The molecule has 0 radical (unpaired) electrons. The quantitative estimate of drug-likeness (QED) is 0.556. The van der Waals surface area contributed by atoms with Gasteiger partial charge in [-0.1, -0.05) is 10.5 Å². The normalized spacial score (nSPS) is 14.0. The van der Waals surface area contributed by atoms with Crippen LogP contribution in [0, 0.1) is 0 Å². The van der Waals surface area contributed by atoms with Gasteiger partial charge < -0.3 is 15.3 Å². The summed E-state index contributed by atoms with van der Waals surface area (Å²) < 4.78 is 0. The van der Waals surface area contributed by atoms with E-state index in [0.717, 1.165) is 0 Å². The van der Waals surface area contributed by atoms with Gasteiger partial charge >= 0.3 is 0 Å². The van der Waals surface area contributed by atoms with Crippen molar-refractivity contribution >= 4 is 20.5 Å². The van der Waals surface area contributed by atoms with Crippen LogP contribution in [0.15, 0.2) is 0 Å². The molecule has 0 saturated heterocycles. The lowest BCUT2D eigenvalue weighted by Gasteiger charge is -2.27. The van der Waals surface area contributed by atoms with Gasteiger partial charge in [-0.05, 0) is 18.7 Å². The van der Waals surface area contributed by atoms with Crippen molar-refractivity contribution in [3.8, 4) is 0 Å². The van der Waals surface area contributed by atoms with Gasteiger partial charge in [0.15, 0.2) is 10.0 Å².